The third-order valence-electron chi connectivity index (χ3n) is 4.03. The van der Waals surface area contributed by atoms with Crippen LogP contribution in [0.3, 0.4) is 0 Å². The Hall–Kier alpha value is -1.83. The number of hydrogen-bond donors (Lipinski definition) is 1. The van der Waals surface area contributed by atoms with E-state index in [2.05, 4.69) is 4.72 Å². The van der Waals surface area contributed by atoms with Gasteiger partial charge in [-0.2, -0.15) is 0 Å². The molecule has 0 fully saturated rings. The molecule has 0 aliphatic carbocycles. The predicted octanol–water partition coefficient (Wildman–Crippen LogP) is 2.49. The Morgan fingerprint density at radius 3 is 2.46 bits per heavy atom. The van der Waals surface area contributed by atoms with E-state index in [-0.39, 0.29) is 17.5 Å². The normalized spacial score (nSPS) is 13.2. The maximum absolute atomic E-state index is 12.7. The average Bonchev–Trinajstić information content (AvgIpc) is 3.03. The highest BCUT2D eigenvalue weighted by Crippen LogP contribution is 2.27. The Kier molecular flexibility index (Phi) is 5.69. The van der Waals surface area contributed by atoms with Gasteiger partial charge in [0.05, 0.1) is 19.4 Å². The van der Waals surface area contributed by atoms with E-state index in [9.17, 15) is 8.42 Å². The van der Waals surface area contributed by atoms with Crippen molar-refractivity contribution >= 4 is 10.0 Å². The van der Waals surface area contributed by atoms with Gasteiger partial charge in [0, 0.05) is 6.54 Å². The third-order valence-corrected chi connectivity index (χ3v) is 5.48. The minimum atomic E-state index is -3.71. The second-order valence-electron chi connectivity index (χ2n) is 5.93. The summed E-state index contributed by atoms with van der Waals surface area (Å²) in [7, 11) is 1.51. The van der Waals surface area contributed by atoms with Crippen LogP contribution in [0.1, 0.15) is 22.9 Å². The molecule has 2 aromatic rings. The number of methoxy groups -OCH3 is 1. The van der Waals surface area contributed by atoms with Crippen molar-refractivity contribution in [3.63, 3.8) is 0 Å². The van der Waals surface area contributed by atoms with Crippen molar-refractivity contribution < 1.29 is 17.6 Å². The van der Waals surface area contributed by atoms with Crippen molar-refractivity contribution in [2.75, 3.05) is 27.7 Å². The van der Waals surface area contributed by atoms with Gasteiger partial charge in [-0.05, 0) is 63.3 Å². The maximum Gasteiger partial charge on any atom is 0.244 e. The molecule has 0 saturated carbocycles. The molecule has 7 heteroatoms. The summed E-state index contributed by atoms with van der Waals surface area (Å²) in [6.45, 7) is 3.98. The number of nitrogens with zero attached hydrogens (tertiary/aromatic N) is 1. The number of sulfonamides is 1. The largest absolute Gasteiger partial charge is 0.495 e. The molecule has 0 radical (unpaired) electrons. The lowest BCUT2D eigenvalue weighted by molar-refractivity contribution is 0.259. The summed E-state index contributed by atoms with van der Waals surface area (Å²) in [4.78, 5) is 2.05. The molecule has 24 heavy (non-hydrogen) atoms. The second kappa shape index (κ2) is 7.38. The van der Waals surface area contributed by atoms with Crippen molar-refractivity contribution in [2.45, 2.75) is 24.8 Å². The molecule has 0 spiro atoms. The van der Waals surface area contributed by atoms with Gasteiger partial charge in [-0.3, -0.25) is 4.90 Å². The summed E-state index contributed by atoms with van der Waals surface area (Å²) in [5.74, 6) is 1.04. The lowest BCUT2D eigenvalue weighted by Crippen LogP contribution is -2.34. The van der Waals surface area contributed by atoms with E-state index in [1.54, 1.807) is 24.5 Å². The van der Waals surface area contributed by atoms with E-state index < -0.39 is 10.0 Å². The van der Waals surface area contributed by atoms with Crippen LogP contribution in [-0.2, 0) is 10.0 Å². The first kappa shape index (κ1) is 18.5. The smallest absolute Gasteiger partial charge is 0.244 e. The summed E-state index contributed by atoms with van der Waals surface area (Å²) in [6.07, 6.45) is 1.58. The molecule has 1 atom stereocenters. The summed E-state index contributed by atoms with van der Waals surface area (Å²) in [6, 6.07) is 6.78. The molecule has 0 amide bonds. The Morgan fingerprint density at radius 2 is 1.92 bits per heavy atom. The fraction of sp³-hybridized carbons (Fsp3) is 0.412. The van der Waals surface area contributed by atoms with Crippen LogP contribution >= 0.6 is 0 Å². The molecule has 0 aliphatic rings. The molecule has 2 rings (SSSR count). The van der Waals surface area contributed by atoms with Crippen LogP contribution < -0.4 is 9.46 Å². The highest BCUT2D eigenvalue weighted by molar-refractivity contribution is 7.89. The number of furan rings is 1. The quantitative estimate of drug-likeness (QED) is 0.829. The first-order valence-electron chi connectivity index (χ1n) is 7.61. The molecular weight excluding hydrogens is 328 g/mol. The topological polar surface area (TPSA) is 71.8 Å². The van der Waals surface area contributed by atoms with Crippen molar-refractivity contribution in [3.05, 3.63) is 47.4 Å². The monoisotopic (exact) mass is 352 g/mol. The highest BCUT2D eigenvalue weighted by Gasteiger charge is 2.24. The number of hydrogen-bond acceptors (Lipinski definition) is 5. The fourth-order valence-electron chi connectivity index (χ4n) is 2.42. The van der Waals surface area contributed by atoms with Crippen LogP contribution in [0.2, 0.25) is 0 Å². The Morgan fingerprint density at radius 1 is 1.25 bits per heavy atom. The van der Waals surface area contributed by atoms with E-state index in [1.807, 2.05) is 38.9 Å². The Labute approximate surface area is 143 Å². The molecular formula is C17H24N2O4S. The van der Waals surface area contributed by atoms with Crippen LogP contribution in [-0.4, -0.2) is 41.1 Å². The standard InChI is InChI=1S/C17H24N2O4S/c1-12-9-16(22-5)17(10-13(12)2)24(20,21)18-11-14(19(3)4)15-7-6-8-23-15/h6-10,14,18H,11H2,1-5H3/t14-/m1/s1. The van der Waals surface area contributed by atoms with Crippen molar-refractivity contribution in [2.24, 2.45) is 0 Å². The molecule has 1 aromatic heterocycles. The van der Waals surface area contributed by atoms with Gasteiger partial charge < -0.3 is 9.15 Å². The summed E-state index contributed by atoms with van der Waals surface area (Å²) < 4.78 is 38.8. The Balaban J connectivity index is 2.27. The summed E-state index contributed by atoms with van der Waals surface area (Å²) in [5, 5.41) is 0. The van der Waals surface area contributed by atoms with Gasteiger partial charge >= 0.3 is 0 Å². The number of aryl methyl sites for hydroxylation is 2. The molecule has 1 N–H and O–H groups in total. The Bertz CT molecular complexity index is 783. The van der Waals surface area contributed by atoms with Crippen LogP contribution in [0, 0.1) is 13.8 Å². The maximum atomic E-state index is 12.7. The van der Waals surface area contributed by atoms with Gasteiger partial charge in [0.2, 0.25) is 10.0 Å². The number of likely N-dealkylation sites (N-methyl/N-ethyl adjacent to an activating group) is 1. The van der Waals surface area contributed by atoms with Gasteiger partial charge in [0.1, 0.15) is 16.4 Å². The summed E-state index contributed by atoms with van der Waals surface area (Å²) in [5.41, 5.74) is 1.87. The number of rotatable bonds is 7. The first-order valence-corrected chi connectivity index (χ1v) is 9.09. The molecule has 1 aromatic carbocycles. The zero-order valence-corrected chi connectivity index (χ0v) is 15.5. The molecule has 132 valence electrons. The number of ether oxygens (including phenoxy) is 1. The fourth-order valence-corrected chi connectivity index (χ4v) is 3.69. The minimum absolute atomic E-state index is 0.144. The number of benzene rings is 1. The van der Waals surface area contributed by atoms with E-state index in [4.69, 9.17) is 9.15 Å². The van der Waals surface area contributed by atoms with Crippen molar-refractivity contribution in [1.29, 1.82) is 0 Å². The van der Waals surface area contributed by atoms with Crippen molar-refractivity contribution in [1.82, 2.24) is 9.62 Å². The molecule has 6 nitrogen and oxygen atoms in total. The molecule has 0 unspecified atom stereocenters. The highest BCUT2D eigenvalue weighted by atomic mass is 32.2. The van der Waals surface area contributed by atoms with E-state index in [0.717, 1.165) is 11.1 Å². The van der Waals surface area contributed by atoms with Gasteiger partial charge in [-0.1, -0.05) is 0 Å². The molecule has 0 saturated heterocycles. The average molecular weight is 352 g/mol. The van der Waals surface area contributed by atoms with Crippen LogP contribution in [0.25, 0.3) is 0 Å². The van der Waals surface area contributed by atoms with E-state index >= 15 is 0 Å². The zero-order valence-electron chi connectivity index (χ0n) is 14.7. The summed E-state index contributed by atoms with van der Waals surface area (Å²) >= 11 is 0. The van der Waals surface area contributed by atoms with Gasteiger partial charge in [-0.25, -0.2) is 13.1 Å². The SMILES string of the molecule is COc1cc(C)c(C)cc1S(=O)(=O)NC[C@H](c1ccco1)N(C)C. The molecule has 0 aliphatic heterocycles. The van der Waals surface area contributed by atoms with E-state index in [0.29, 0.717) is 11.5 Å². The van der Waals surface area contributed by atoms with Crippen LogP contribution in [0.15, 0.2) is 39.8 Å². The minimum Gasteiger partial charge on any atom is -0.495 e. The van der Waals surface area contributed by atoms with Gasteiger partial charge in [-0.15, -0.1) is 0 Å². The lowest BCUT2D eigenvalue weighted by Gasteiger charge is -2.23. The second-order valence-corrected chi connectivity index (χ2v) is 7.67. The van der Waals surface area contributed by atoms with Crippen molar-refractivity contribution in [3.8, 4) is 5.75 Å². The zero-order chi connectivity index (χ0) is 17.9. The van der Waals surface area contributed by atoms with Crippen LogP contribution in [0.4, 0.5) is 0 Å². The molecule has 0 bridgehead atoms. The first-order chi connectivity index (χ1) is 11.3. The predicted molar refractivity (Wildman–Crippen MR) is 92.8 cm³/mol. The molecule has 1 heterocycles. The number of nitrogens with one attached hydrogen (secondary N) is 1. The van der Waals surface area contributed by atoms with Crippen LogP contribution in [0.5, 0.6) is 5.75 Å². The van der Waals surface area contributed by atoms with E-state index in [1.165, 1.54) is 7.11 Å². The van der Waals surface area contributed by atoms with Gasteiger partial charge in [0.15, 0.2) is 0 Å². The van der Waals surface area contributed by atoms with Gasteiger partial charge in [0.25, 0.3) is 0 Å². The lowest BCUT2D eigenvalue weighted by atomic mass is 10.1. The third kappa shape index (κ3) is 3.98.